The molecule has 11 heteroatoms. The molecule has 3 aliphatic heterocycles. The Labute approximate surface area is 327 Å². The van der Waals surface area contributed by atoms with Gasteiger partial charge in [0.1, 0.15) is 5.75 Å². The number of methoxy groups -OCH3 is 1. The van der Waals surface area contributed by atoms with Crippen LogP contribution >= 0.6 is 15.9 Å². The van der Waals surface area contributed by atoms with Crippen molar-refractivity contribution in [3.8, 4) is 5.75 Å². The summed E-state index contributed by atoms with van der Waals surface area (Å²) in [6, 6.07) is 31.7. The summed E-state index contributed by atoms with van der Waals surface area (Å²) in [5.41, 5.74) is 2.81. The zero-order valence-electron chi connectivity index (χ0n) is 31.3. The van der Waals surface area contributed by atoms with Crippen molar-refractivity contribution in [1.29, 1.82) is 0 Å². The van der Waals surface area contributed by atoms with Crippen molar-refractivity contribution in [1.82, 2.24) is 4.90 Å². The van der Waals surface area contributed by atoms with E-state index in [0.717, 1.165) is 44.7 Å². The number of rotatable bonds is 12. The largest absolute Gasteiger partial charge is 0.497 e. The lowest BCUT2D eigenvalue weighted by Gasteiger charge is -2.37. The Bertz CT molecular complexity index is 2030. The summed E-state index contributed by atoms with van der Waals surface area (Å²) in [6.45, 7) is 8.10. The molecule has 0 aromatic heterocycles. The van der Waals surface area contributed by atoms with Gasteiger partial charge >= 0.3 is 0 Å². The zero-order valence-corrected chi connectivity index (χ0v) is 33.9. The summed E-state index contributed by atoms with van der Waals surface area (Å²) in [6.07, 6.45) is 0.866. The molecule has 2 saturated heterocycles. The Kier molecular flexibility index (Phi) is 10.9. The number of halogens is 1. The number of nitrogens with zero attached hydrogens (tertiary/aromatic N) is 3. The average molecular weight is 811 g/mol. The summed E-state index contributed by atoms with van der Waals surface area (Å²) in [7, 11) is -0.855. The van der Waals surface area contributed by atoms with Crippen molar-refractivity contribution >= 4 is 58.3 Å². The van der Waals surface area contributed by atoms with Crippen LogP contribution in [0.4, 0.5) is 11.4 Å². The van der Waals surface area contributed by atoms with Crippen LogP contribution in [0.15, 0.2) is 102 Å². The molecular weight excluding hydrogens is 762 g/mol. The molecular formula is C43H48BrN3O6Si. The molecule has 9 nitrogen and oxygen atoms in total. The standard InChI is InChI=1S/C43H48BrN3O6Si/c1-29-41(54(3,4)35-18-16-34(52-2)17-19-35)38(26-40(50)45(22-23-48)27-30-10-6-5-7-11-30)53-43(29)36-25-32(44)15-20-37(36)47(42(43)51)28-31-12-8-13-33(24-31)46-21-9-14-39(46)49/h5-8,10-13,15-20,24-25,29,38,41,48H,9,14,21-23,26-28H2,1-4H3/t29-,38+,41-,43+/m0/s1. The molecule has 1 N–H and O–H groups in total. The molecule has 7 rings (SSSR count). The SMILES string of the molecule is COc1ccc([Si](C)(C)[C@@H]2[C@@H](CC(=O)N(CCO)Cc3ccccc3)O[C@]3(C(=O)N(Cc4cccc(N5CCCC5=O)c4)c4ccc(Br)cc43)[C@H]2C)cc1. The van der Waals surface area contributed by atoms with Crippen molar-refractivity contribution in [3.63, 3.8) is 0 Å². The van der Waals surface area contributed by atoms with E-state index in [1.54, 1.807) is 12.0 Å². The average Bonchev–Trinajstić information content (AvgIpc) is 3.80. The number of aliphatic hydroxyl groups is 1. The predicted molar refractivity (Wildman–Crippen MR) is 216 cm³/mol. The van der Waals surface area contributed by atoms with Crippen LogP contribution in [0.3, 0.4) is 0 Å². The van der Waals surface area contributed by atoms with Crippen LogP contribution in [-0.4, -0.2) is 68.7 Å². The van der Waals surface area contributed by atoms with Crippen molar-refractivity contribution in [3.05, 3.63) is 118 Å². The summed E-state index contributed by atoms with van der Waals surface area (Å²) in [5.74, 6) is 0.307. The van der Waals surface area contributed by atoms with E-state index in [1.165, 1.54) is 5.19 Å². The maximum atomic E-state index is 15.3. The predicted octanol–water partition coefficient (Wildman–Crippen LogP) is 6.76. The quantitative estimate of drug-likeness (QED) is 0.159. The number of carbonyl (C=O) groups is 3. The highest BCUT2D eigenvalue weighted by molar-refractivity contribution is 9.10. The molecule has 3 aliphatic rings. The van der Waals surface area contributed by atoms with Gasteiger partial charge in [-0.25, -0.2) is 0 Å². The molecule has 54 heavy (non-hydrogen) atoms. The van der Waals surface area contributed by atoms with Crippen LogP contribution in [0, 0.1) is 5.92 Å². The lowest BCUT2D eigenvalue weighted by atomic mass is 9.82. The Balaban J connectivity index is 1.28. The first-order valence-corrected chi connectivity index (χ1v) is 22.6. The van der Waals surface area contributed by atoms with Gasteiger partial charge in [0.15, 0.2) is 5.60 Å². The minimum atomic E-state index is -2.51. The first-order valence-electron chi connectivity index (χ1n) is 18.7. The van der Waals surface area contributed by atoms with E-state index in [2.05, 4.69) is 48.1 Å². The molecule has 4 atom stereocenters. The third kappa shape index (κ3) is 6.91. The van der Waals surface area contributed by atoms with Crippen LogP contribution in [0.5, 0.6) is 5.75 Å². The summed E-state index contributed by atoms with van der Waals surface area (Å²) >= 11 is 3.69. The lowest BCUT2D eigenvalue weighted by molar-refractivity contribution is -0.150. The maximum absolute atomic E-state index is 15.3. The number of fused-ring (bicyclic) bond motifs is 2. The van der Waals surface area contributed by atoms with Gasteiger partial charge in [-0.15, -0.1) is 0 Å². The minimum Gasteiger partial charge on any atom is -0.497 e. The molecule has 0 bridgehead atoms. The van der Waals surface area contributed by atoms with Gasteiger partial charge in [-0.1, -0.05) is 95.7 Å². The second-order valence-corrected chi connectivity index (χ2v) is 20.9. The minimum absolute atomic E-state index is 0.0682. The molecule has 2 fully saturated rings. The third-order valence-corrected chi connectivity index (χ3v) is 16.6. The molecule has 4 aromatic carbocycles. The fourth-order valence-corrected chi connectivity index (χ4v) is 13.5. The second-order valence-electron chi connectivity index (χ2n) is 15.3. The van der Waals surface area contributed by atoms with E-state index in [-0.39, 0.29) is 48.8 Å². The first-order chi connectivity index (χ1) is 26.0. The Morgan fingerprint density at radius 3 is 2.43 bits per heavy atom. The van der Waals surface area contributed by atoms with Crippen LogP contribution < -0.4 is 19.7 Å². The van der Waals surface area contributed by atoms with Gasteiger partial charge in [0.2, 0.25) is 11.8 Å². The Morgan fingerprint density at radius 2 is 1.74 bits per heavy atom. The Morgan fingerprint density at radius 1 is 1.00 bits per heavy atom. The summed E-state index contributed by atoms with van der Waals surface area (Å²) in [4.78, 5) is 47.6. The number of ether oxygens (including phenoxy) is 2. The van der Waals surface area contributed by atoms with Gasteiger partial charge in [0.05, 0.1) is 46.5 Å². The third-order valence-electron chi connectivity index (χ3n) is 11.7. The molecule has 3 amide bonds. The molecule has 0 saturated carbocycles. The van der Waals surface area contributed by atoms with E-state index in [0.29, 0.717) is 26.1 Å². The van der Waals surface area contributed by atoms with Crippen molar-refractivity contribution < 1.29 is 29.0 Å². The number of anilines is 2. The van der Waals surface area contributed by atoms with Crippen molar-refractivity contribution in [2.24, 2.45) is 5.92 Å². The van der Waals surface area contributed by atoms with Crippen LogP contribution in [0.2, 0.25) is 18.6 Å². The number of amides is 3. The van der Waals surface area contributed by atoms with E-state index < -0.39 is 19.8 Å². The fourth-order valence-electron chi connectivity index (χ4n) is 9.09. The zero-order chi connectivity index (χ0) is 38.2. The monoisotopic (exact) mass is 809 g/mol. The summed E-state index contributed by atoms with van der Waals surface area (Å²) in [5, 5.41) is 11.2. The molecule has 4 aromatic rings. The number of hydrogen-bond donors (Lipinski definition) is 1. The first kappa shape index (κ1) is 38.0. The lowest BCUT2D eigenvalue weighted by Crippen LogP contribution is -2.52. The molecule has 0 radical (unpaired) electrons. The van der Waals surface area contributed by atoms with Crippen molar-refractivity contribution in [2.45, 2.75) is 69.6 Å². The van der Waals surface area contributed by atoms with E-state index >= 15 is 4.79 Å². The fraction of sp³-hybridized carbons (Fsp3) is 0.372. The number of carbonyl (C=O) groups excluding carboxylic acids is 3. The molecule has 0 unspecified atom stereocenters. The number of aliphatic hydroxyl groups excluding tert-OH is 1. The van der Waals surface area contributed by atoms with Crippen molar-refractivity contribution in [2.75, 3.05) is 36.6 Å². The van der Waals surface area contributed by atoms with E-state index in [1.807, 2.05) is 94.7 Å². The van der Waals surface area contributed by atoms with Crippen LogP contribution in [-0.2, 0) is 37.8 Å². The normalized spacial score (nSPS) is 22.3. The van der Waals surface area contributed by atoms with Gasteiger partial charge < -0.3 is 29.3 Å². The van der Waals surface area contributed by atoms with Crippen LogP contribution in [0.1, 0.15) is 42.9 Å². The van der Waals surface area contributed by atoms with Crippen LogP contribution in [0.25, 0.3) is 0 Å². The second kappa shape index (κ2) is 15.4. The Hall–Kier alpha value is -4.29. The molecule has 0 aliphatic carbocycles. The molecule has 282 valence electrons. The highest BCUT2D eigenvalue weighted by atomic mass is 79.9. The van der Waals surface area contributed by atoms with Gasteiger partial charge in [-0.05, 0) is 65.6 Å². The molecule has 1 spiro atoms. The number of hydrogen-bond acceptors (Lipinski definition) is 6. The van der Waals surface area contributed by atoms with Gasteiger partial charge in [0, 0.05) is 47.7 Å². The van der Waals surface area contributed by atoms with Gasteiger partial charge in [-0.2, -0.15) is 0 Å². The smallest absolute Gasteiger partial charge is 0.264 e. The van der Waals surface area contributed by atoms with E-state index in [4.69, 9.17) is 9.47 Å². The topological polar surface area (TPSA) is 99.6 Å². The highest BCUT2D eigenvalue weighted by Crippen LogP contribution is 2.60. The summed E-state index contributed by atoms with van der Waals surface area (Å²) < 4.78 is 13.6. The van der Waals surface area contributed by atoms with Gasteiger partial charge in [-0.3, -0.25) is 14.4 Å². The van der Waals surface area contributed by atoms with E-state index in [9.17, 15) is 14.7 Å². The highest BCUT2D eigenvalue weighted by Gasteiger charge is 2.66. The van der Waals surface area contributed by atoms with Gasteiger partial charge in [0.25, 0.3) is 5.91 Å². The molecule has 3 heterocycles. The number of benzene rings is 4. The maximum Gasteiger partial charge on any atom is 0.264 e.